The quantitative estimate of drug-likeness (QED) is 0.110. The average molecular weight is 567 g/mol. The highest BCUT2D eigenvalue weighted by Crippen LogP contribution is 2.37. The summed E-state index contributed by atoms with van der Waals surface area (Å²) in [6, 6.07) is 2.40. The van der Waals surface area contributed by atoms with Crippen LogP contribution in [0.4, 0.5) is 30.7 Å². The lowest BCUT2D eigenvalue weighted by atomic mass is 9.93. The maximum atomic E-state index is 13.6. The predicted octanol–water partition coefficient (Wildman–Crippen LogP) is 4.81. The zero-order valence-corrected chi connectivity index (χ0v) is 20.7. The zero-order valence-electron chi connectivity index (χ0n) is 19.8. The van der Waals surface area contributed by atoms with Crippen molar-refractivity contribution < 1.29 is 59.5 Å². The molecule has 0 saturated carbocycles. The first-order chi connectivity index (χ1) is 16.9. The van der Waals surface area contributed by atoms with Gasteiger partial charge in [-0.2, -0.15) is 26.3 Å². The van der Waals surface area contributed by atoms with Crippen LogP contribution in [0.2, 0.25) is 0 Å². The Labute approximate surface area is 209 Å². The molecule has 0 aliphatic rings. The number of nitrogens with two attached hydrogens (primary N) is 1. The fourth-order valence-corrected chi connectivity index (χ4v) is 3.46. The number of halogens is 7. The largest absolute Gasteiger partial charge is 0.469 e. The lowest BCUT2D eigenvalue weighted by Crippen LogP contribution is -2.47. The molecule has 0 aliphatic carbocycles. The molecule has 15 heteroatoms. The second kappa shape index (κ2) is 13.8. The molecular formula is C22H29F7NO6P. The van der Waals surface area contributed by atoms with Gasteiger partial charge in [0.1, 0.15) is 5.82 Å². The highest BCUT2D eigenvalue weighted by Gasteiger charge is 2.35. The van der Waals surface area contributed by atoms with Crippen molar-refractivity contribution in [3.05, 3.63) is 58.4 Å². The molecule has 0 aromatic heterocycles. The first-order valence-electron chi connectivity index (χ1n) is 10.9. The summed E-state index contributed by atoms with van der Waals surface area (Å²) in [6.07, 6.45) is -7.44. The normalized spacial score (nSPS) is 15.7. The minimum absolute atomic E-state index is 0.0800. The second-order valence-electron chi connectivity index (χ2n) is 8.28. The summed E-state index contributed by atoms with van der Waals surface area (Å²) in [4.78, 5) is 17.6. The maximum Gasteiger partial charge on any atom is 0.469 e. The van der Waals surface area contributed by atoms with Gasteiger partial charge >= 0.3 is 20.2 Å². The van der Waals surface area contributed by atoms with E-state index in [1.165, 1.54) is 13.0 Å². The van der Waals surface area contributed by atoms with Crippen molar-refractivity contribution in [2.24, 2.45) is 5.73 Å². The number of hydrogen-bond donors (Lipinski definition) is 4. The maximum absolute atomic E-state index is 13.6. The van der Waals surface area contributed by atoms with E-state index >= 15 is 0 Å². The average Bonchev–Trinajstić information content (AvgIpc) is 2.76. The third-order valence-electron chi connectivity index (χ3n) is 5.19. The van der Waals surface area contributed by atoms with Crippen LogP contribution in [0.15, 0.2) is 41.5 Å². The number of benzene rings is 1. The smallest absolute Gasteiger partial charge is 0.394 e. The molecule has 212 valence electrons. The van der Waals surface area contributed by atoms with Crippen LogP contribution in [0.1, 0.15) is 37.3 Å². The Hall–Kier alpha value is -1.80. The van der Waals surface area contributed by atoms with Gasteiger partial charge in [0.2, 0.25) is 0 Å². The number of ether oxygens (including phenoxy) is 1. The molecule has 1 atom stereocenters. The van der Waals surface area contributed by atoms with Crippen molar-refractivity contribution in [3.8, 4) is 0 Å². The Bertz CT molecular complexity index is 991. The molecular weight excluding hydrogens is 538 g/mol. The number of rotatable bonds is 14. The molecule has 0 aliphatic heterocycles. The lowest BCUT2D eigenvalue weighted by Gasteiger charge is -2.27. The first kappa shape index (κ1) is 33.2. The van der Waals surface area contributed by atoms with Crippen LogP contribution in [0.3, 0.4) is 0 Å². The standard InChI is InChI=1S/C22H29F7NO6P/c1-2-15(7-8-20(30,13-31)14-36-37(32,33)34)10-17(21(24,25)26)12-35-9-3-4-16-5-6-18(19(23)11-16)22(27,28)29/h2,5-6,10-11,31H,3-4,7-9,12-14,30H2,1H3,(H2,32,33,34)/b15-2-,17-10+. The van der Waals surface area contributed by atoms with Crippen molar-refractivity contribution in [2.75, 3.05) is 26.4 Å². The van der Waals surface area contributed by atoms with E-state index in [9.17, 15) is 40.4 Å². The van der Waals surface area contributed by atoms with E-state index in [1.54, 1.807) is 0 Å². The third kappa shape index (κ3) is 12.5. The van der Waals surface area contributed by atoms with Gasteiger partial charge in [0.15, 0.2) is 0 Å². The number of phosphoric acid groups is 1. The predicted molar refractivity (Wildman–Crippen MR) is 120 cm³/mol. The molecule has 0 fully saturated rings. The van der Waals surface area contributed by atoms with Crippen LogP contribution >= 0.6 is 7.82 Å². The van der Waals surface area contributed by atoms with Gasteiger partial charge in [-0.1, -0.05) is 17.7 Å². The molecule has 0 bridgehead atoms. The van der Waals surface area contributed by atoms with Crippen molar-refractivity contribution in [3.63, 3.8) is 0 Å². The second-order valence-corrected chi connectivity index (χ2v) is 9.52. The zero-order chi connectivity index (χ0) is 28.5. The van der Waals surface area contributed by atoms with Gasteiger partial charge in [0, 0.05) is 6.61 Å². The van der Waals surface area contributed by atoms with Gasteiger partial charge in [0.05, 0.1) is 36.5 Å². The van der Waals surface area contributed by atoms with Crippen molar-refractivity contribution in [1.82, 2.24) is 0 Å². The van der Waals surface area contributed by atoms with Crippen LogP contribution < -0.4 is 5.73 Å². The monoisotopic (exact) mass is 567 g/mol. The summed E-state index contributed by atoms with van der Waals surface area (Å²) in [6.45, 7) is -1.03. The molecule has 0 spiro atoms. The Morgan fingerprint density at radius 1 is 1.16 bits per heavy atom. The number of alkyl halides is 6. The van der Waals surface area contributed by atoms with E-state index in [-0.39, 0.29) is 43.4 Å². The van der Waals surface area contributed by atoms with Gasteiger partial charge in [-0.05, 0) is 56.4 Å². The fourth-order valence-electron chi connectivity index (χ4n) is 3.04. The number of aliphatic hydroxyl groups is 1. The number of aliphatic hydroxyl groups excluding tert-OH is 1. The molecule has 0 radical (unpaired) electrons. The summed E-state index contributed by atoms with van der Waals surface area (Å²) < 4.78 is 112. The van der Waals surface area contributed by atoms with E-state index in [2.05, 4.69) is 4.52 Å². The topological polar surface area (TPSA) is 122 Å². The van der Waals surface area contributed by atoms with E-state index in [4.69, 9.17) is 20.3 Å². The minimum Gasteiger partial charge on any atom is -0.394 e. The Morgan fingerprint density at radius 3 is 2.30 bits per heavy atom. The van der Waals surface area contributed by atoms with Crippen LogP contribution in [0.25, 0.3) is 0 Å². The van der Waals surface area contributed by atoms with Gasteiger partial charge < -0.3 is 25.4 Å². The summed E-state index contributed by atoms with van der Waals surface area (Å²) in [5.74, 6) is -1.44. The molecule has 1 rings (SSSR count). The van der Waals surface area contributed by atoms with Crippen LogP contribution in [-0.2, 0) is 26.4 Å². The molecule has 1 aromatic carbocycles. The highest BCUT2D eigenvalue weighted by atomic mass is 31.2. The van der Waals surface area contributed by atoms with Gasteiger partial charge in [-0.3, -0.25) is 4.52 Å². The molecule has 37 heavy (non-hydrogen) atoms. The van der Waals surface area contributed by atoms with Crippen molar-refractivity contribution in [2.45, 2.75) is 50.5 Å². The molecule has 1 aromatic rings. The summed E-state index contributed by atoms with van der Waals surface area (Å²) in [7, 11) is -4.87. The third-order valence-corrected chi connectivity index (χ3v) is 5.66. The van der Waals surface area contributed by atoms with Gasteiger partial charge in [-0.15, -0.1) is 0 Å². The summed E-state index contributed by atoms with van der Waals surface area (Å²) >= 11 is 0. The van der Waals surface area contributed by atoms with E-state index in [0.29, 0.717) is 6.07 Å². The van der Waals surface area contributed by atoms with Crippen LogP contribution in [-0.4, -0.2) is 53.0 Å². The lowest BCUT2D eigenvalue weighted by molar-refractivity contribution is -0.140. The Balaban J connectivity index is 2.71. The highest BCUT2D eigenvalue weighted by molar-refractivity contribution is 7.46. The fraction of sp³-hybridized carbons (Fsp3) is 0.545. The molecule has 5 N–H and O–H groups in total. The van der Waals surface area contributed by atoms with Gasteiger partial charge in [0.25, 0.3) is 0 Å². The Morgan fingerprint density at radius 2 is 1.81 bits per heavy atom. The molecule has 0 saturated heterocycles. The number of aryl methyl sites for hydroxylation is 1. The summed E-state index contributed by atoms with van der Waals surface area (Å²) in [5.41, 5.74) is 2.16. The van der Waals surface area contributed by atoms with E-state index in [0.717, 1.165) is 18.2 Å². The van der Waals surface area contributed by atoms with Crippen LogP contribution in [0, 0.1) is 5.82 Å². The van der Waals surface area contributed by atoms with Gasteiger partial charge in [-0.25, -0.2) is 8.96 Å². The van der Waals surface area contributed by atoms with Crippen LogP contribution in [0.5, 0.6) is 0 Å². The molecule has 1 unspecified atom stereocenters. The van der Waals surface area contributed by atoms with Crippen molar-refractivity contribution >= 4 is 7.82 Å². The molecule has 7 nitrogen and oxygen atoms in total. The van der Waals surface area contributed by atoms with E-state index in [1.807, 2.05) is 0 Å². The number of phosphoric ester groups is 1. The number of allylic oxidation sites excluding steroid dienone is 3. The first-order valence-corrected chi connectivity index (χ1v) is 12.4. The molecule has 0 heterocycles. The SMILES string of the molecule is C/C=C(\C=C(/COCCCc1ccc(C(F)(F)F)c(F)c1)C(F)(F)F)CCC(N)(CO)COP(=O)(O)O. The minimum atomic E-state index is -4.87. The number of hydrogen-bond acceptors (Lipinski definition) is 5. The van der Waals surface area contributed by atoms with E-state index < -0.39 is 62.5 Å². The summed E-state index contributed by atoms with van der Waals surface area (Å²) in [5, 5.41) is 9.43. The molecule has 0 amide bonds. The van der Waals surface area contributed by atoms with Crippen molar-refractivity contribution in [1.29, 1.82) is 0 Å². The Kier molecular flexibility index (Phi) is 12.4.